The van der Waals surface area contributed by atoms with E-state index in [0.717, 1.165) is 43.7 Å². The van der Waals surface area contributed by atoms with Crippen LogP contribution in [0, 0.1) is 17.8 Å². The minimum absolute atomic E-state index is 0.0199. The third-order valence-corrected chi connectivity index (χ3v) is 13.0. The highest BCUT2D eigenvalue weighted by Crippen LogP contribution is 2.46. The molecule has 1 saturated heterocycles. The van der Waals surface area contributed by atoms with Crippen molar-refractivity contribution in [3.8, 4) is 5.75 Å². The minimum Gasteiger partial charge on any atom is -0.489 e. The molecule has 2 bridgehead atoms. The molecule has 1 spiro atoms. The molecule has 264 valence electrons. The molecule has 1 aromatic carbocycles. The van der Waals surface area contributed by atoms with Gasteiger partial charge in [0.1, 0.15) is 11.1 Å². The number of nitrogens with zero attached hydrogens (tertiary/aromatic N) is 4. The van der Waals surface area contributed by atoms with Gasteiger partial charge in [-0.1, -0.05) is 36.7 Å². The third-order valence-electron chi connectivity index (χ3n) is 11.3. The molecule has 49 heavy (non-hydrogen) atoms. The van der Waals surface area contributed by atoms with Crippen LogP contribution >= 0.6 is 11.6 Å². The fraction of sp³-hybridized carbons (Fsp3) is 0.583. The summed E-state index contributed by atoms with van der Waals surface area (Å²) in [6, 6.07) is 9.23. The van der Waals surface area contributed by atoms with Gasteiger partial charge in [0.05, 0.1) is 42.5 Å². The van der Waals surface area contributed by atoms with Gasteiger partial charge in [-0.15, -0.1) is 0 Å². The zero-order valence-corrected chi connectivity index (χ0v) is 30.0. The number of likely N-dealkylation sites (tertiary alicyclic amines) is 1. The van der Waals surface area contributed by atoms with Crippen LogP contribution in [0.4, 0.5) is 10.6 Å². The number of aryl methyl sites for hydroxylation is 1. The van der Waals surface area contributed by atoms with E-state index >= 15 is 0 Å². The second-order valence-electron chi connectivity index (χ2n) is 14.3. The molecule has 5 aliphatic rings. The van der Waals surface area contributed by atoms with E-state index < -0.39 is 21.9 Å². The number of anilines is 1. The number of rotatable bonds is 3. The molecule has 2 aliphatic carbocycles. The molecule has 13 heteroatoms. The maximum Gasteiger partial charge on any atom is 0.318 e. The van der Waals surface area contributed by atoms with Crippen LogP contribution in [0.15, 0.2) is 46.8 Å². The molecule has 1 N–H and O–H groups in total. The Morgan fingerprint density at radius 1 is 1.14 bits per heavy atom. The average Bonchev–Trinajstić information content (AvgIpc) is 3.20. The first kappa shape index (κ1) is 34.3. The lowest BCUT2D eigenvalue weighted by atomic mass is 9.68. The van der Waals surface area contributed by atoms with Crippen molar-refractivity contribution in [2.45, 2.75) is 68.4 Å². The summed E-state index contributed by atoms with van der Waals surface area (Å²) < 4.78 is 35.9. The number of aromatic nitrogens is 1. The highest BCUT2D eigenvalue weighted by Gasteiger charge is 2.45. The lowest BCUT2D eigenvalue weighted by molar-refractivity contribution is -0.00798. The van der Waals surface area contributed by atoms with Gasteiger partial charge >= 0.3 is 11.9 Å². The number of amides is 3. The number of benzene rings is 1. The SMILES string of the molecule is COC1CN(C(=O)NC2[C@@H](C)C/C=C/[C@H](OC)[C@@H]3CC[C@H]3CN3C[C@@]4(CCCc5cc(Cl)ccc54)COc4ccc(nc43)C(=O)/N=[SH]\2=O)C1. The number of thiol groups is 1. The molecule has 3 amide bonds. The van der Waals surface area contributed by atoms with Gasteiger partial charge in [-0.05, 0) is 91.7 Å². The highest BCUT2D eigenvalue weighted by molar-refractivity contribution is 7.76. The lowest BCUT2D eigenvalue weighted by Gasteiger charge is -2.45. The molecule has 0 radical (unpaired) electrons. The van der Waals surface area contributed by atoms with Gasteiger partial charge in [-0.3, -0.25) is 9.00 Å². The summed E-state index contributed by atoms with van der Waals surface area (Å²) in [5, 5.41) is 2.79. The summed E-state index contributed by atoms with van der Waals surface area (Å²) in [4.78, 5) is 35.5. The second-order valence-corrected chi connectivity index (χ2v) is 16.1. The Balaban J connectivity index is 1.25. The quantitative estimate of drug-likeness (QED) is 0.337. The smallest absolute Gasteiger partial charge is 0.318 e. The zero-order valence-electron chi connectivity index (χ0n) is 28.3. The summed E-state index contributed by atoms with van der Waals surface area (Å²) in [5.41, 5.74) is 2.33. The van der Waals surface area contributed by atoms with Crippen LogP contribution in [0.2, 0.25) is 5.02 Å². The maximum absolute atomic E-state index is 13.8. The van der Waals surface area contributed by atoms with Gasteiger partial charge in [-0.2, -0.15) is 4.36 Å². The molecule has 2 unspecified atom stereocenters. The maximum atomic E-state index is 13.8. The Labute approximate surface area is 294 Å². The minimum atomic E-state index is -2.53. The van der Waals surface area contributed by atoms with Crippen molar-refractivity contribution in [3.63, 3.8) is 0 Å². The normalized spacial score (nSPS) is 32.7. The van der Waals surface area contributed by atoms with E-state index in [1.54, 1.807) is 31.3 Å². The van der Waals surface area contributed by atoms with Crippen molar-refractivity contribution < 1.29 is 28.0 Å². The second kappa shape index (κ2) is 14.2. The molecular formula is C36H46ClN5O6S. The molecule has 2 aromatic rings. The number of pyridine rings is 1. The van der Waals surface area contributed by atoms with E-state index in [4.69, 9.17) is 30.8 Å². The van der Waals surface area contributed by atoms with Crippen LogP contribution in [-0.4, -0.2) is 90.6 Å². The van der Waals surface area contributed by atoms with Crippen molar-refractivity contribution in [2.75, 3.05) is 51.9 Å². The number of fused-ring (bicyclic) bond motifs is 4. The van der Waals surface area contributed by atoms with Gasteiger partial charge in [0.25, 0.3) is 0 Å². The number of hydrogen-bond donors (Lipinski definition) is 2. The van der Waals surface area contributed by atoms with E-state index in [0.29, 0.717) is 56.1 Å². The number of carbonyl (C=O) groups excluding carboxylic acids is 2. The van der Waals surface area contributed by atoms with E-state index in [1.807, 2.05) is 13.0 Å². The average molecular weight is 712 g/mol. The summed E-state index contributed by atoms with van der Waals surface area (Å²) in [7, 11) is 0.833. The van der Waals surface area contributed by atoms with Crippen LogP contribution in [-0.2, 0) is 31.9 Å². The Bertz CT molecular complexity index is 1710. The predicted octanol–water partition coefficient (Wildman–Crippen LogP) is 5.02. The third kappa shape index (κ3) is 6.81. The highest BCUT2D eigenvalue weighted by atomic mass is 35.5. The van der Waals surface area contributed by atoms with Gasteiger partial charge < -0.3 is 29.3 Å². The molecule has 1 aromatic heterocycles. The summed E-state index contributed by atoms with van der Waals surface area (Å²) >= 11 is 6.43. The van der Waals surface area contributed by atoms with Gasteiger partial charge in [-0.25, -0.2) is 9.78 Å². The van der Waals surface area contributed by atoms with Crippen LogP contribution in [0.1, 0.15) is 60.6 Å². The van der Waals surface area contributed by atoms with E-state index in [9.17, 15) is 13.8 Å². The van der Waals surface area contributed by atoms with Gasteiger partial charge in [0, 0.05) is 37.7 Å². The number of nitrogens with one attached hydrogen (secondary N) is 1. The molecular weight excluding hydrogens is 666 g/mol. The summed E-state index contributed by atoms with van der Waals surface area (Å²) in [6.45, 7) is 4.71. The van der Waals surface area contributed by atoms with Crippen LogP contribution in [0.5, 0.6) is 5.75 Å². The fourth-order valence-corrected chi connectivity index (χ4v) is 9.56. The number of urea groups is 1. The summed E-state index contributed by atoms with van der Waals surface area (Å²) in [5.74, 6) is 0.908. The van der Waals surface area contributed by atoms with E-state index in [-0.39, 0.29) is 35.3 Å². The Morgan fingerprint density at radius 2 is 1.98 bits per heavy atom. The van der Waals surface area contributed by atoms with Crippen molar-refractivity contribution in [2.24, 2.45) is 22.1 Å². The largest absolute Gasteiger partial charge is 0.489 e. The topological polar surface area (TPSA) is 123 Å². The molecule has 1 saturated carbocycles. The molecule has 3 aliphatic heterocycles. The standard InChI is InChI=1S/C36H46ClN5O6S/c1-22-6-4-8-30(47-3)27-11-9-24(27)17-42-20-36(15-5-7-23-16-25(37)10-12-28(23)36)21-48-31-14-13-29(38-32(31)42)33(43)40-49(45)34(22)39-35(44)41-18-26(19-41)46-2/h4,8,10,12-14,16,22,24,26-27,30,34,49H,5-7,9,11,15,17-21H2,1-3H3,(H,39,44)/b8-4+/t22-,24-,27+,30-,34?,36-/m0/s1. The number of methoxy groups -OCH3 is 2. The first-order chi connectivity index (χ1) is 23.7. The zero-order chi connectivity index (χ0) is 34.3. The van der Waals surface area contributed by atoms with Crippen LogP contribution in [0.3, 0.4) is 0 Å². The number of halogens is 1. The molecule has 7 rings (SSSR count). The molecule has 4 heterocycles. The Hall–Kier alpha value is -3.19. The number of allylic oxidation sites excluding steroid dienone is 1. The first-order valence-electron chi connectivity index (χ1n) is 17.4. The first-order valence-corrected chi connectivity index (χ1v) is 19.0. The lowest BCUT2D eigenvalue weighted by Crippen LogP contribution is -2.59. The molecule has 7 atom stereocenters. The van der Waals surface area contributed by atoms with Crippen LogP contribution < -0.4 is 15.0 Å². The number of carbonyl (C=O) groups is 2. The monoisotopic (exact) mass is 711 g/mol. The van der Waals surface area contributed by atoms with Crippen molar-refractivity contribution in [3.05, 3.63) is 64.3 Å². The fourth-order valence-electron chi connectivity index (χ4n) is 8.18. The van der Waals surface area contributed by atoms with E-state index in [1.165, 1.54) is 11.1 Å². The predicted molar refractivity (Wildman–Crippen MR) is 189 cm³/mol. The summed E-state index contributed by atoms with van der Waals surface area (Å²) in [6.07, 6.45) is 9.62. The number of ether oxygens (including phenoxy) is 3. The van der Waals surface area contributed by atoms with Crippen LogP contribution in [0.25, 0.3) is 0 Å². The molecule has 2 fully saturated rings. The Kier molecular flexibility index (Phi) is 9.93. The van der Waals surface area contributed by atoms with E-state index in [2.05, 4.69) is 38.9 Å². The number of hydrogen-bond acceptors (Lipinski definition) is 8. The van der Waals surface area contributed by atoms with Crippen molar-refractivity contribution >= 4 is 40.0 Å². The van der Waals surface area contributed by atoms with Gasteiger partial charge in [0.15, 0.2) is 11.6 Å². The Morgan fingerprint density at radius 3 is 2.73 bits per heavy atom. The van der Waals surface area contributed by atoms with Crippen molar-refractivity contribution in [1.29, 1.82) is 0 Å². The van der Waals surface area contributed by atoms with Crippen molar-refractivity contribution in [1.82, 2.24) is 15.2 Å². The molecule has 11 nitrogen and oxygen atoms in total. The van der Waals surface area contributed by atoms with Gasteiger partial charge in [0.2, 0.25) is 0 Å².